The van der Waals surface area contributed by atoms with Gasteiger partial charge in [-0.25, -0.2) is 0 Å². The third-order valence-corrected chi connectivity index (χ3v) is 1.18. The summed E-state index contributed by atoms with van der Waals surface area (Å²) in [5, 5.41) is 3.01. The summed E-state index contributed by atoms with van der Waals surface area (Å²) < 4.78 is 4.44. The summed E-state index contributed by atoms with van der Waals surface area (Å²) in [5.41, 5.74) is 0. The molecule has 0 unspecified atom stereocenters. The Kier molecular flexibility index (Phi) is 6.45. The summed E-state index contributed by atoms with van der Waals surface area (Å²) in [5.74, 6) is 2.30. The molecule has 3 heteroatoms. The van der Waals surface area contributed by atoms with Crippen molar-refractivity contribution in [3.8, 4) is 12.3 Å². The van der Waals surface area contributed by atoms with Gasteiger partial charge in [-0.05, 0) is 0 Å². The number of carbonyl (C=O) groups excluding carboxylic acids is 1. The number of esters is 1. The normalized spacial score (nSPS) is 8.73. The van der Waals surface area contributed by atoms with Crippen molar-refractivity contribution in [1.29, 1.82) is 0 Å². The van der Waals surface area contributed by atoms with E-state index in [4.69, 9.17) is 6.42 Å². The fraction of sp³-hybridized carbons (Fsp3) is 0.625. The number of hydrogen-bond donors (Lipinski definition) is 1. The van der Waals surface area contributed by atoms with E-state index in [-0.39, 0.29) is 5.97 Å². The lowest BCUT2D eigenvalue weighted by molar-refractivity contribution is -0.140. The van der Waals surface area contributed by atoms with E-state index in [1.54, 1.807) is 0 Å². The van der Waals surface area contributed by atoms with Crippen molar-refractivity contribution < 1.29 is 9.53 Å². The largest absolute Gasteiger partial charge is 0.469 e. The Balaban J connectivity index is 3.03. The van der Waals surface area contributed by atoms with E-state index in [1.807, 2.05) is 0 Å². The second-order valence-electron chi connectivity index (χ2n) is 2.03. The molecule has 0 aliphatic carbocycles. The minimum absolute atomic E-state index is 0.196. The average Bonchev–Trinajstić information content (AvgIpc) is 2.04. The number of nitrogens with one attached hydrogen (secondary N) is 1. The SMILES string of the molecule is C#CCCNCCC(=O)OC. The molecule has 0 saturated heterocycles. The van der Waals surface area contributed by atoms with Crippen LogP contribution in [-0.4, -0.2) is 26.2 Å². The molecule has 0 saturated carbocycles. The fourth-order valence-electron chi connectivity index (χ4n) is 0.578. The van der Waals surface area contributed by atoms with Crippen LogP contribution in [0.4, 0.5) is 0 Å². The fourth-order valence-corrected chi connectivity index (χ4v) is 0.578. The molecule has 0 aromatic carbocycles. The molecule has 0 radical (unpaired) electrons. The maximum atomic E-state index is 10.5. The van der Waals surface area contributed by atoms with Gasteiger partial charge in [0.25, 0.3) is 0 Å². The molecule has 0 heterocycles. The molecule has 3 nitrogen and oxygen atoms in total. The summed E-state index contributed by atoms with van der Waals surface area (Å²) in [6.07, 6.45) is 6.11. The van der Waals surface area contributed by atoms with E-state index in [2.05, 4.69) is 16.0 Å². The van der Waals surface area contributed by atoms with Gasteiger partial charge in [-0.15, -0.1) is 12.3 Å². The first-order valence-corrected chi connectivity index (χ1v) is 3.52. The second-order valence-corrected chi connectivity index (χ2v) is 2.03. The summed E-state index contributed by atoms with van der Waals surface area (Å²) in [7, 11) is 1.38. The Morgan fingerprint density at radius 2 is 2.36 bits per heavy atom. The van der Waals surface area contributed by atoms with E-state index in [0.29, 0.717) is 19.4 Å². The predicted molar refractivity (Wildman–Crippen MR) is 43.0 cm³/mol. The van der Waals surface area contributed by atoms with Gasteiger partial charge in [0, 0.05) is 19.5 Å². The number of methoxy groups -OCH3 is 1. The van der Waals surface area contributed by atoms with Gasteiger partial charge in [-0.3, -0.25) is 4.79 Å². The lowest BCUT2D eigenvalue weighted by Gasteiger charge is -1.99. The summed E-state index contributed by atoms with van der Waals surface area (Å²) >= 11 is 0. The highest BCUT2D eigenvalue weighted by molar-refractivity contribution is 5.69. The average molecular weight is 155 g/mol. The van der Waals surface area contributed by atoms with E-state index < -0.39 is 0 Å². The van der Waals surface area contributed by atoms with Crippen LogP contribution >= 0.6 is 0 Å². The molecular weight excluding hydrogens is 142 g/mol. The van der Waals surface area contributed by atoms with Crippen LogP contribution in [0, 0.1) is 12.3 Å². The molecule has 0 spiro atoms. The van der Waals surface area contributed by atoms with Crippen LogP contribution in [0.2, 0.25) is 0 Å². The van der Waals surface area contributed by atoms with E-state index in [0.717, 1.165) is 6.54 Å². The number of rotatable bonds is 5. The van der Waals surface area contributed by atoms with Crippen molar-refractivity contribution in [2.75, 3.05) is 20.2 Å². The van der Waals surface area contributed by atoms with Gasteiger partial charge in [-0.1, -0.05) is 0 Å². The predicted octanol–water partition coefficient (Wildman–Crippen LogP) is 0.162. The van der Waals surface area contributed by atoms with Crippen LogP contribution in [0.25, 0.3) is 0 Å². The zero-order chi connectivity index (χ0) is 8.53. The number of ether oxygens (including phenoxy) is 1. The first kappa shape index (κ1) is 9.99. The summed E-state index contributed by atoms with van der Waals surface area (Å²) in [4.78, 5) is 10.5. The molecular formula is C8H13NO2. The topological polar surface area (TPSA) is 38.3 Å². The Morgan fingerprint density at radius 1 is 1.64 bits per heavy atom. The van der Waals surface area contributed by atoms with Crippen molar-refractivity contribution in [1.82, 2.24) is 5.32 Å². The molecule has 0 rings (SSSR count). The highest BCUT2D eigenvalue weighted by Gasteiger charge is 1.96. The van der Waals surface area contributed by atoms with E-state index in [9.17, 15) is 4.79 Å². The summed E-state index contributed by atoms with van der Waals surface area (Å²) in [6, 6.07) is 0. The first-order valence-electron chi connectivity index (χ1n) is 3.52. The van der Waals surface area contributed by atoms with Gasteiger partial charge in [0.05, 0.1) is 13.5 Å². The van der Waals surface area contributed by atoms with Crippen molar-refractivity contribution in [2.24, 2.45) is 0 Å². The van der Waals surface area contributed by atoms with Crippen molar-refractivity contribution >= 4 is 5.97 Å². The standard InChI is InChI=1S/C8H13NO2/c1-3-4-6-9-7-5-8(10)11-2/h1,9H,4-7H2,2H3. The molecule has 0 aromatic rings. The molecule has 0 fully saturated rings. The number of hydrogen-bond acceptors (Lipinski definition) is 3. The van der Waals surface area contributed by atoms with E-state index in [1.165, 1.54) is 7.11 Å². The first-order chi connectivity index (χ1) is 5.31. The smallest absolute Gasteiger partial charge is 0.306 e. The third kappa shape index (κ3) is 6.88. The van der Waals surface area contributed by atoms with Crippen molar-refractivity contribution in [3.05, 3.63) is 0 Å². The molecule has 1 N–H and O–H groups in total. The lowest BCUT2D eigenvalue weighted by atomic mass is 10.4. The van der Waals surface area contributed by atoms with E-state index >= 15 is 0 Å². The van der Waals surface area contributed by atoms with Crippen LogP contribution in [0.1, 0.15) is 12.8 Å². The number of carbonyl (C=O) groups is 1. The Bertz CT molecular complexity index is 149. The molecule has 0 aromatic heterocycles. The van der Waals surface area contributed by atoms with Crippen LogP contribution in [-0.2, 0) is 9.53 Å². The third-order valence-electron chi connectivity index (χ3n) is 1.18. The second kappa shape index (κ2) is 7.10. The summed E-state index contributed by atoms with van der Waals surface area (Å²) in [6.45, 7) is 1.39. The lowest BCUT2D eigenvalue weighted by Crippen LogP contribution is -2.19. The van der Waals surface area contributed by atoms with Gasteiger partial charge in [-0.2, -0.15) is 0 Å². The van der Waals surface area contributed by atoms with Gasteiger partial charge in [0.2, 0.25) is 0 Å². The molecule has 0 aliphatic heterocycles. The van der Waals surface area contributed by atoms with Crippen molar-refractivity contribution in [3.63, 3.8) is 0 Å². The molecule has 0 aliphatic rings. The zero-order valence-corrected chi connectivity index (χ0v) is 6.72. The Morgan fingerprint density at radius 3 is 2.91 bits per heavy atom. The van der Waals surface area contributed by atoms with Crippen LogP contribution in [0.5, 0.6) is 0 Å². The minimum Gasteiger partial charge on any atom is -0.469 e. The maximum absolute atomic E-state index is 10.5. The van der Waals surface area contributed by atoms with Crippen LogP contribution in [0.15, 0.2) is 0 Å². The molecule has 0 amide bonds. The molecule has 11 heavy (non-hydrogen) atoms. The van der Waals surface area contributed by atoms with Crippen molar-refractivity contribution in [2.45, 2.75) is 12.8 Å². The maximum Gasteiger partial charge on any atom is 0.306 e. The Hall–Kier alpha value is -1.01. The molecule has 0 bridgehead atoms. The van der Waals surface area contributed by atoms with Gasteiger partial charge < -0.3 is 10.1 Å². The number of terminal acetylenes is 1. The minimum atomic E-state index is -0.196. The Labute approximate surface area is 67.1 Å². The molecule has 0 atom stereocenters. The van der Waals surface area contributed by atoms with Crippen LogP contribution in [0.3, 0.4) is 0 Å². The zero-order valence-electron chi connectivity index (χ0n) is 6.72. The van der Waals surface area contributed by atoms with Gasteiger partial charge in [0.15, 0.2) is 0 Å². The monoisotopic (exact) mass is 155 g/mol. The van der Waals surface area contributed by atoms with Crippen LogP contribution < -0.4 is 5.32 Å². The molecule has 62 valence electrons. The highest BCUT2D eigenvalue weighted by atomic mass is 16.5. The van der Waals surface area contributed by atoms with Gasteiger partial charge >= 0.3 is 5.97 Å². The van der Waals surface area contributed by atoms with Gasteiger partial charge in [0.1, 0.15) is 0 Å². The quantitative estimate of drug-likeness (QED) is 0.349. The highest BCUT2D eigenvalue weighted by Crippen LogP contribution is 1.80.